The molecule has 0 saturated carbocycles. The fraction of sp³-hybridized carbons (Fsp3) is 0.597. The number of nitrogens with one attached hydrogen (secondary N) is 8. The summed E-state index contributed by atoms with van der Waals surface area (Å²) in [5.74, 6) is 2.84. The van der Waals surface area contributed by atoms with E-state index in [4.69, 9.17) is 47.7 Å². The molecule has 4 aromatic carbocycles. The van der Waals surface area contributed by atoms with Crippen LogP contribution < -0.4 is 56.6 Å². The lowest BCUT2D eigenvalue weighted by Gasteiger charge is -2.33. The number of ether oxygens (including phenoxy) is 7. The summed E-state index contributed by atoms with van der Waals surface area (Å²) >= 11 is 0. The van der Waals surface area contributed by atoms with Gasteiger partial charge in [0.2, 0.25) is 37.9 Å². The molecular formula is C77H126N12O18S2. The highest BCUT2D eigenvalue weighted by Gasteiger charge is 2.34. The van der Waals surface area contributed by atoms with Gasteiger partial charge in [-0.05, 0) is 146 Å². The molecule has 0 bridgehead atoms. The maximum atomic E-state index is 12.3. The molecule has 8 N–H and O–H groups in total. The van der Waals surface area contributed by atoms with Gasteiger partial charge < -0.3 is 54.4 Å². The first-order valence-electron chi connectivity index (χ1n) is 36.1. The molecule has 0 aliphatic rings. The minimum Gasteiger partial charge on any atom is -0.493 e. The van der Waals surface area contributed by atoms with Crippen LogP contribution in [0.3, 0.4) is 0 Å². The zero-order valence-corrected chi connectivity index (χ0v) is 70.2. The Kier molecular flexibility index (Phi) is 42.7. The fourth-order valence-electron chi connectivity index (χ4n) is 11.0. The zero-order chi connectivity index (χ0) is 82.3. The van der Waals surface area contributed by atoms with Crippen LogP contribution in [0.4, 0.5) is 4.79 Å². The van der Waals surface area contributed by atoms with Gasteiger partial charge in [0.1, 0.15) is 42.0 Å². The van der Waals surface area contributed by atoms with E-state index >= 15 is 0 Å². The summed E-state index contributed by atoms with van der Waals surface area (Å²) in [6.45, 7) is 27.1. The van der Waals surface area contributed by atoms with E-state index in [2.05, 4.69) is 120 Å². The first-order chi connectivity index (χ1) is 51.1. The number of hydrogen-bond acceptors (Lipinski definition) is 21. The second-order valence-corrected chi connectivity index (χ2v) is 32.8. The number of esters is 3. The Balaban J connectivity index is 0.000000558. The molecule has 30 nitrogen and oxygen atoms in total. The lowest BCUT2D eigenvalue weighted by molar-refractivity contribution is -0.145. The third kappa shape index (κ3) is 37.6. The normalized spacial score (nSPS) is 14.8. The highest BCUT2D eigenvalue weighted by Crippen LogP contribution is 2.34. The molecule has 1 amide bonds. The third-order valence-electron chi connectivity index (χ3n) is 18.3. The van der Waals surface area contributed by atoms with Crippen LogP contribution in [-0.4, -0.2) is 202 Å². The smallest absolute Gasteiger partial charge is 0.408 e. The van der Waals surface area contributed by atoms with Crippen molar-refractivity contribution >= 4 is 61.9 Å². The number of carbonyl (C=O) groups is 4. The maximum Gasteiger partial charge on any atom is 0.408 e. The summed E-state index contributed by atoms with van der Waals surface area (Å²) in [5, 5.41) is 11.4. The van der Waals surface area contributed by atoms with E-state index in [1.165, 1.54) is 28.4 Å². The molecule has 0 fully saturated rings. The summed E-state index contributed by atoms with van der Waals surface area (Å²) in [6.07, 6.45) is 4.45. The van der Waals surface area contributed by atoms with Crippen molar-refractivity contribution < 1.29 is 83.7 Å². The molecule has 0 saturated heterocycles. The van der Waals surface area contributed by atoms with Gasteiger partial charge >= 0.3 is 24.0 Å². The quantitative estimate of drug-likeness (QED) is 0.00682. The van der Waals surface area contributed by atoms with Gasteiger partial charge in [0, 0.05) is 55.8 Å². The molecule has 109 heavy (non-hydrogen) atoms. The number of carbonyl (C=O) groups excluding carboxylic acids is 4. The summed E-state index contributed by atoms with van der Waals surface area (Å²) in [6, 6.07) is 28.5. The fourth-order valence-corrected chi connectivity index (χ4v) is 12.3. The molecule has 0 radical (unpaired) electrons. The van der Waals surface area contributed by atoms with Gasteiger partial charge in [0.25, 0.3) is 0 Å². The first-order valence-corrected chi connectivity index (χ1v) is 39.8. The largest absolute Gasteiger partial charge is 0.493 e. The average Bonchev–Trinajstić information content (AvgIpc) is 0.636. The number of sulfonamides is 2. The van der Waals surface area contributed by atoms with E-state index < -0.39 is 62.2 Å². The number of methoxy groups -OCH3 is 3. The number of amides is 1. The van der Waals surface area contributed by atoms with Gasteiger partial charge in [-0.3, -0.25) is 39.1 Å². The van der Waals surface area contributed by atoms with Crippen LogP contribution in [0.5, 0.6) is 17.2 Å². The highest BCUT2D eigenvalue weighted by atomic mass is 32.2. The maximum absolute atomic E-state index is 12.3. The number of benzene rings is 4. The van der Waals surface area contributed by atoms with Crippen molar-refractivity contribution in [1.29, 1.82) is 0 Å². The second-order valence-electron chi connectivity index (χ2n) is 29.0. The Bertz CT molecular complexity index is 3670. The Labute approximate surface area is 648 Å². The van der Waals surface area contributed by atoms with Gasteiger partial charge in [-0.15, -0.1) is 0 Å². The van der Waals surface area contributed by atoms with Crippen LogP contribution in [0.1, 0.15) is 125 Å². The predicted octanol–water partition coefficient (Wildman–Crippen LogP) is 8.32. The number of likely N-dealkylation sites (N-methyl/N-ethyl adjacent to an activating group) is 1. The third-order valence-corrected chi connectivity index (χ3v) is 20.3. The lowest BCUT2D eigenvalue weighted by atomic mass is 9.79. The number of nitrogens with zero attached hydrogens (tertiary/aromatic N) is 4. The summed E-state index contributed by atoms with van der Waals surface area (Å²) in [5.41, 5.74) is 11.5. The summed E-state index contributed by atoms with van der Waals surface area (Å²) in [7, 11) is 8.37. The van der Waals surface area contributed by atoms with Gasteiger partial charge in [-0.25, -0.2) is 47.6 Å². The zero-order valence-electron chi connectivity index (χ0n) is 68.5. The Hall–Kier alpha value is -8.53. The van der Waals surface area contributed by atoms with E-state index in [0.29, 0.717) is 49.2 Å². The van der Waals surface area contributed by atoms with Crippen LogP contribution in [0, 0.1) is 34.0 Å². The van der Waals surface area contributed by atoms with E-state index in [9.17, 15) is 36.0 Å². The molecule has 614 valence electrons. The van der Waals surface area contributed by atoms with Gasteiger partial charge in [0.05, 0.1) is 72.0 Å². The van der Waals surface area contributed by atoms with Gasteiger partial charge in [-0.1, -0.05) is 129 Å². The summed E-state index contributed by atoms with van der Waals surface area (Å²) in [4.78, 5) is 78.1. The second kappa shape index (κ2) is 48.2. The van der Waals surface area contributed by atoms with Crippen molar-refractivity contribution in [2.24, 2.45) is 49.0 Å². The van der Waals surface area contributed by atoms with Crippen LogP contribution in [0.2, 0.25) is 0 Å². The number of alkyl carbamates (subject to hydrolysis) is 1. The van der Waals surface area contributed by atoms with E-state index in [0.717, 1.165) is 64.1 Å². The Morgan fingerprint density at radius 1 is 0.459 bits per heavy atom. The topological polar surface area (TPSA) is 365 Å². The highest BCUT2D eigenvalue weighted by molar-refractivity contribution is 7.88. The van der Waals surface area contributed by atoms with Gasteiger partial charge in [0.15, 0.2) is 0 Å². The molecular weight excluding hydrogens is 1450 g/mol. The van der Waals surface area contributed by atoms with E-state index in [1.54, 1.807) is 66.6 Å². The number of guanidine groups is 3. The van der Waals surface area contributed by atoms with Crippen LogP contribution in [0.15, 0.2) is 118 Å². The minimum absolute atomic E-state index is 0.0636. The molecule has 0 spiro atoms. The van der Waals surface area contributed by atoms with Crippen molar-refractivity contribution in [2.75, 3.05) is 103 Å². The van der Waals surface area contributed by atoms with Gasteiger partial charge in [-0.2, -0.15) is 4.31 Å². The number of rotatable bonds is 40. The van der Waals surface area contributed by atoms with Crippen molar-refractivity contribution in [3.8, 4) is 17.2 Å². The van der Waals surface area contributed by atoms with E-state index in [1.807, 2.05) is 99.6 Å². The lowest BCUT2D eigenvalue weighted by Crippen LogP contribution is -2.43. The monoisotopic (exact) mass is 1570 g/mol. The molecule has 9 atom stereocenters. The standard InChI is InChI=1S/C30H44N4O6.C24H42N4O6S.C23H40N4O6S/c1-21(18-30(3,4)22(2)40-34-28(31-5)32-6)19-38-25-15-13-23(14-16-25)17-26(27(35)37-7)33-29(36)39-20-24-11-9-8-10-12-24;1-17(15-24(3,4)18(2)34-27-23(25-5)26-6)16-33-20-12-10-19(11-13-20)14-21(22(29)32-8)28(7)35(9,30)31;1-16(14-23(3,4)17(2)33-26-22(24-5)25-6)15-32-19-11-9-18(10-12-19)13-20(21(28)31-7)27-34(8,29)30/h8-16,21-22,26H,17-20H2,1-7H3,(H,33,36)(H2,31,32,34);10-13,17-18,21H,14-16H2,1-9H3,(H2,25,26,27);9-12,16-17,20,27H,13-15H2,1-8H3,(H2,24,25,26)/t21?,22?,26-;17?,18?,21-;16?,17?,20-/m000/s1. The Morgan fingerprint density at radius 3 is 1.08 bits per heavy atom. The number of hydrogen-bond donors (Lipinski definition) is 8. The molecule has 4 rings (SSSR count). The molecule has 32 heteroatoms. The average molecular weight is 1570 g/mol. The SMILES string of the molecule is CN=C(NC)NOC(C)C(C)(C)CC(C)COc1ccc(C[C@@H](C(=O)OC)N(C)S(C)(=O)=O)cc1.CN=C(NC)NOC(C)C(C)(C)CC(C)COc1ccc(C[C@H](NC(=O)OCc2ccccc2)C(=O)OC)cc1.CN=C(NC)NOC(C)C(C)(C)CC(C)COc1ccc(C[C@H](NS(C)(=O)=O)C(=O)OC)cc1. The molecule has 4 aromatic rings. The van der Waals surface area contributed by atoms with Crippen LogP contribution in [-0.2, 0) is 93.8 Å². The molecule has 0 aromatic heterocycles. The molecule has 0 aliphatic carbocycles. The van der Waals surface area contributed by atoms with E-state index in [-0.39, 0.29) is 78.2 Å². The summed E-state index contributed by atoms with van der Waals surface area (Å²) < 4.78 is 87.8. The van der Waals surface area contributed by atoms with Crippen LogP contribution in [0.25, 0.3) is 0 Å². The minimum atomic E-state index is -3.55. The van der Waals surface area contributed by atoms with Crippen molar-refractivity contribution in [1.82, 2.24) is 46.7 Å². The van der Waals surface area contributed by atoms with Crippen molar-refractivity contribution in [3.05, 3.63) is 125 Å². The molecule has 0 aliphatic heterocycles. The molecule has 0 heterocycles. The molecule has 6 unspecified atom stereocenters. The Morgan fingerprint density at radius 2 is 0.780 bits per heavy atom. The first kappa shape index (κ1) is 96.5. The van der Waals surface area contributed by atoms with Crippen molar-refractivity contribution in [2.45, 2.75) is 165 Å². The number of hydroxylamine groups is 3. The predicted molar refractivity (Wildman–Crippen MR) is 426 cm³/mol. The number of aliphatic imine (C=N–C) groups is 3. The van der Waals surface area contributed by atoms with Crippen LogP contribution >= 0.6 is 0 Å². The van der Waals surface area contributed by atoms with Crippen molar-refractivity contribution in [3.63, 3.8) is 0 Å².